The molecular weight excluding hydrogens is 1070 g/mol. The number of rotatable bonds is 12. The second-order valence-electron chi connectivity index (χ2n) is 19.9. The zero-order chi connectivity index (χ0) is 54.8. The number of ether oxygens (including phenoxy) is 4. The van der Waals surface area contributed by atoms with Crippen LogP contribution in [0, 0.1) is 0 Å². The molecule has 3 aromatic heterocycles. The molecule has 11 aromatic rings. The molecule has 13 rings (SSSR count). The normalized spacial score (nSPS) is 11.3. The minimum Gasteiger partial charge on any atom is -0.478 e. The SMILES string of the molecule is CN(C)c1cccc(Oc2ccc3c(c2)-c2nc-3nc3[nH]c(nc4nc(nc5[nH]c(n2)c2ccc(Oc6cccc(N(C)C)c6)cc52)-c2ccc(Oc5cccc(N(C)C)c5)cc2-4)c2cc(Oc4ccc(C(=O)O)cc4)ccc32)c1.[Zn+2]. The molecule has 2 aliphatic heterocycles. The summed E-state index contributed by atoms with van der Waals surface area (Å²) in [7, 11) is 11.9. The van der Waals surface area contributed by atoms with Crippen molar-refractivity contribution in [3.05, 3.63) is 175 Å². The molecule has 0 amide bonds. The Morgan fingerprint density at radius 3 is 1.06 bits per heavy atom. The zero-order valence-electron chi connectivity index (χ0n) is 44.9. The summed E-state index contributed by atoms with van der Waals surface area (Å²) in [5, 5.41) is 12.4. The van der Waals surface area contributed by atoms with Gasteiger partial charge in [0.1, 0.15) is 68.6 Å². The molecule has 0 fully saturated rings. The van der Waals surface area contributed by atoms with Gasteiger partial charge < -0.3 is 48.7 Å². The Kier molecular flexibility index (Phi) is 13.3. The number of hydrogen-bond acceptors (Lipinski definition) is 14. The molecule has 3 N–H and O–H groups in total. The van der Waals surface area contributed by atoms with Gasteiger partial charge in [-0.1, -0.05) is 18.2 Å². The fourth-order valence-corrected chi connectivity index (χ4v) is 9.65. The number of aromatic nitrogens is 8. The van der Waals surface area contributed by atoms with Gasteiger partial charge in [0.25, 0.3) is 0 Å². The van der Waals surface area contributed by atoms with Crippen LogP contribution < -0.4 is 33.6 Å². The van der Waals surface area contributed by atoms with Gasteiger partial charge in [0.05, 0.1) is 5.56 Å². The van der Waals surface area contributed by atoms with Crippen LogP contribution in [0.5, 0.6) is 46.0 Å². The number of hydrogen-bond donors (Lipinski definition) is 3. The van der Waals surface area contributed by atoms with Crippen molar-refractivity contribution in [3.63, 3.8) is 0 Å². The summed E-state index contributed by atoms with van der Waals surface area (Å²) in [6.45, 7) is 0. The standard InChI is InChI=1S/C63H49N11O6.Zn/c1-72(2)36-10-7-13-40(28-36)78-44-21-25-48-52(32-44)59-65-55(48)64-56-47-24-20-43(77-39-18-16-35(17-19-39)63(75)76)31-51(47)61(66-56)71-62-54-34-46(80-42-15-9-12-38(30-42)74(5)6)23-27-50(54)58(70-62)69-60-53-33-45(22-26-49(53)57(67-59)68-60)79-41-14-8-11-37(29-41)73(3)4;/h7-34H,1-6H3,(H,75,76)(H2,64,65,66,67,68,69,70,71);/q;+2. The van der Waals surface area contributed by atoms with Gasteiger partial charge in [0.2, 0.25) is 0 Å². The topological polar surface area (TPSA) is 193 Å². The number of H-pyrrole nitrogens is 2. The van der Waals surface area contributed by atoms with E-state index in [1.165, 1.54) is 12.1 Å². The molecule has 8 aromatic carbocycles. The van der Waals surface area contributed by atoms with E-state index in [9.17, 15) is 9.90 Å². The van der Waals surface area contributed by atoms with Crippen LogP contribution in [0.25, 0.3) is 89.7 Å². The van der Waals surface area contributed by atoms with Crippen molar-refractivity contribution >= 4 is 67.2 Å². The van der Waals surface area contributed by atoms with E-state index in [4.69, 9.17) is 48.9 Å². The van der Waals surface area contributed by atoms with Gasteiger partial charge >= 0.3 is 25.4 Å². The number of carboxylic acids is 1. The number of aromatic amines is 2. The Bertz CT molecular complexity index is 4490. The Hall–Kier alpha value is -10.2. The van der Waals surface area contributed by atoms with E-state index in [1.54, 1.807) is 12.1 Å². The molecule has 0 atom stereocenters. The van der Waals surface area contributed by atoms with Crippen LogP contribution in [0.15, 0.2) is 170 Å². The molecule has 18 heteroatoms. The van der Waals surface area contributed by atoms with E-state index < -0.39 is 5.97 Å². The van der Waals surface area contributed by atoms with Crippen molar-refractivity contribution in [2.45, 2.75) is 0 Å². The number of nitrogens with zero attached hydrogens (tertiary/aromatic N) is 9. The van der Waals surface area contributed by atoms with E-state index in [0.29, 0.717) is 119 Å². The number of anilines is 3. The minimum absolute atomic E-state index is 0. The van der Waals surface area contributed by atoms with E-state index in [2.05, 4.69) is 9.97 Å². The molecule has 0 saturated heterocycles. The first-order chi connectivity index (χ1) is 38.8. The fourth-order valence-electron chi connectivity index (χ4n) is 9.65. The molecule has 392 valence electrons. The molecule has 2 aliphatic rings. The van der Waals surface area contributed by atoms with E-state index in [-0.39, 0.29) is 25.0 Å². The van der Waals surface area contributed by atoms with Crippen LogP contribution in [0.1, 0.15) is 10.4 Å². The first kappa shape index (κ1) is 51.6. The number of nitrogens with one attached hydrogen (secondary N) is 2. The summed E-state index contributed by atoms with van der Waals surface area (Å²) in [5.74, 6) is 5.17. The summed E-state index contributed by atoms with van der Waals surface area (Å²) in [4.78, 5) is 56.3. The molecule has 8 bridgehead atoms. The Morgan fingerprint density at radius 1 is 0.358 bits per heavy atom. The van der Waals surface area contributed by atoms with Crippen molar-refractivity contribution in [2.24, 2.45) is 0 Å². The first-order valence-corrected chi connectivity index (χ1v) is 25.6. The van der Waals surface area contributed by atoms with Gasteiger partial charge in [0.15, 0.2) is 23.3 Å². The average molecular weight is 1120 g/mol. The third kappa shape index (κ3) is 10.2. The van der Waals surface area contributed by atoms with Gasteiger partial charge in [0, 0.05) is 121 Å². The predicted octanol–water partition coefficient (Wildman–Crippen LogP) is 13.9. The molecule has 5 heterocycles. The molecule has 0 saturated carbocycles. The van der Waals surface area contributed by atoms with Crippen LogP contribution in [0.4, 0.5) is 17.1 Å². The van der Waals surface area contributed by atoms with Gasteiger partial charge in [-0.05, 0) is 133 Å². The van der Waals surface area contributed by atoms with Crippen LogP contribution in [0.3, 0.4) is 0 Å². The van der Waals surface area contributed by atoms with Crippen LogP contribution in [-0.2, 0) is 19.5 Å². The van der Waals surface area contributed by atoms with E-state index in [0.717, 1.165) is 33.4 Å². The number of aromatic carboxylic acids is 1. The molecule has 0 spiro atoms. The minimum atomic E-state index is -1.03. The quantitative estimate of drug-likeness (QED) is 0.0978. The summed E-state index contributed by atoms with van der Waals surface area (Å²) in [6.07, 6.45) is 0. The van der Waals surface area contributed by atoms with Crippen LogP contribution in [0.2, 0.25) is 0 Å². The van der Waals surface area contributed by atoms with E-state index in [1.807, 2.05) is 203 Å². The maximum atomic E-state index is 11.7. The summed E-state index contributed by atoms with van der Waals surface area (Å²) < 4.78 is 25.9. The van der Waals surface area contributed by atoms with Crippen molar-refractivity contribution in [3.8, 4) is 91.5 Å². The first-order valence-electron chi connectivity index (χ1n) is 25.6. The van der Waals surface area contributed by atoms with Gasteiger partial charge in [-0.25, -0.2) is 34.7 Å². The number of fused-ring (bicyclic) bond motifs is 20. The Labute approximate surface area is 476 Å². The van der Waals surface area contributed by atoms with Crippen molar-refractivity contribution in [1.29, 1.82) is 0 Å². The Morgan fingerprint density at radius 2 is 0.679 bits per heavy atom. The smallest absolute Gasteiger partial charge is 0.478 e. The maximum Gasteiger partial charge on any atom is 2.00 e. The van der Waals surface area contributed by atoms with Crippen molar-refractivity contribution < 1.29 is 48.3 Å². The molecule has 0 radical (unpaired) electrons. The summed E-state index contributed by atoms with van der Waals surface area (Å²) >= 11 is 0. The summed E-state index contributed by atoms with van der Waals surface area (Å²) in [6, 6.07) is 52.8. The molecule has 0 aliphatic carbocycles. The van der Waals surface area contributed by atoms with Crippen LogP contribution >= 0.6 is 0 Å². The molecule has 17 nitrogen and oxygen atoms in total. The molecule has 0 unspecified atom stereocenters. The summed E-state index contributed by atoms with van der Waals surface area (Å²) in [5.41, 5.74) is 7.79. The third-order valence-electron chi connectivity index (χ3n) is 13.8. The zero-order valence-corrected chi connectivity index (χ0v) is 47.9. The van der Waals surface area contributed by atoms with Crippen molar-refractivity contribution in [2.75, 3.05) is 57.0 Å². The number of carboxylic acid groups (broad SMARTS) is 1. The Balaban J connectivity index is 0.00000651. The predicted molar refractivity (Wildman–Crippen MR) is 312 cm³/mol. The van der Waals surface area contributed by atoms with Gasteiger partial charge in [-0.15, -0.1) is 0 Å². The number of carbonyl (C=O) groups is 1. The van der Waals surface area contributed by atoms with Gasteiger partial charge in [-0.3, -0.25) is 0 Å². The third-order valence-corrected chi connectivity index (χ3v) is 13.8. The second kappa shape index (κ2) is 20.9. The molecular formula is C63H49N11O6Zn+2. The maximum absolute atomic E-state index is 11.7. The fraction of sp³-hybridized carbons (Fsp3) is 0.0952. The monoisotopic (exact) mass is 1120 g/mol. The van der Waals surface area contributed by atoms with Crippen LogP contribution in [-0.4, -0.2) is 93.2 Å². The van der Waals surface area contributed by atoms with E-state index >= 15 is 0 Å². The second-order valence-corrected chi connectivity index (χ2v) is 19.9. The molecule has 81 heavy (non-hydrogen) atoms. The van der Waals surface area contributed by atoms with Crippen molar-refractivity contribution in [1.82, 2.24) is 39.9 Å². The largest absolute Gasteiger partial charge is 2.00 e. The number of benzene rings is 8. The van der Waals surface area contributed by atoms with Gasteiger partial charge in [-0.2, -0.15) is 0 Å². The average Bonchev–Trinajstić information content (AvgIpc) is 4.38.